The standard InChI is InChI=1S/C17H17BrN4O2S/c1-3-22-16(23)14(20-17(22)25)7-11-4-5-15(24-2)12(6-11)9-21-10-13(18)8-19-21/h4-8,10H,3,9H2,1-2H3,(H,20,25)/b14-7+. The third-order valence-corrected chi connectivity index (χ3v) is 4.56. The number of carbonyl (C=O) groups excluding carboxylic acids is 1. The Hall–Kier alpha value is -2.19. The molecule has 0 unspecified atom stereocenters. The summed E-state index contributed by atoms with van der Waals surface area (Å²) in [5.41, 5.74) is 2.33. The average Bonchev–Trinajstić information content (AvgIpc) is 3.11. The van der Waals surface area contributed by atoms with Crippen LogP contribution in [0.3, 0.4) is 0 Å². The minimum atomic E-state index is -0.110. The van der Waals surface area contributed by atoms with E-state index in [0.29, 0.717) is 23.9 Å². The fraction of sp³-hybridized carbons (Fsp3) is 0.235. The molecule has 1 aromatic carbocycles. The Morgan fingerprint density at radius 1 is 1.44 bits per heavy atom. The Morgan fingerprint density at radius 2 is 2.24 bits per heavy atom. The number of nitrogens with zero attached hydrogens (tertiary/aromatic N) is 3. The van der Waals surface area contributed by atoms with Crippen molar-refractivity contribution in [1.82, 2.24) is 20.0 Å². The van der Waals surface area contributed by atoms with E-state index < -0.39 is 0 Å². The van der Waals surface area contributed by atoms with Crippen LogP contribution in [0.2, 0.25) is 0 Å². The maximum atomic E-state index is 12.3. The number of nitrogens with one attached hydrogen (secondary N) is 1. The summed E-state index contributed by atoms with van der Waals surface area (Å²) >= 11 is 8.57. The Morgan fingerprint density at radius 3 is 2.84 bits per heavy atom. The lowest BCUT2D eigenvalue weighted by Gasteiger charge is -2.10. The highest BCUT2D eigenvalue weighted by molar-refractivity contribution is 9.10. The van der Waals surface area contributed by atoms with Gasteiger partial charge in [0.1, 0.15) is 11.4 Å². The molecule has 0 atom stereocenters. The summed E-state index contributed by atoms with van der Waals surface area (Å²) < 4.78 is 8.16. The zero-order valence-corrected chi connectivity index (χ0v) is 16.2. The van der Waals surface area contributed by atoms with Crippen molar-refractivity contribution in [3.05, 3.63) is 51.9 Å². The summed E-state index contributed by atoms with van der Waals surface area (Å²) in [5, 5.41) is 7.68. The number of likely N-dealkylation sites (N-methyl/N-ethyl adjacent to an activating group) is 1. The number of rotatable bonds is 5. The molecule has 0 radical (unpaired) electrons. The zero-order chi connectivity index (χ0) is 18.0. The van der Waals surface area contributed by atoms with Crippen LogP contribution >= 0.6 is 28.1 Å². The maximum Gasteiger partial charge on any atom is 0.276 e. The van der Waals surface area contributed by atoms with Gasteiger partial charge in [0.2, 0.25) is 0 Å². The molecule has 2 aromatic rings. The summed E-state index contributed by atoms with van der Waals surface area (Å²) in [7, 11) is 1.63. The van der Waals surface area contributed by atoms with Crippen molar-refractivity contribution in [3.63, 3.8) is 0 Å². The molecule has 6 nitrogen and oxygen atoms in total. The first-order valence-electron chi connectivity index (χ1n) is 7.71. The lowest BCUT2D eigenvalue weighted by molar-refractivity contribution is -0.122. The van der Waals surface area contributed by atoms with E-state index in [2.05, 4.69) is 26.3 Å². The minimum Gasteiger partial charge on any atom is -0.496 e. The Bertz CT molecular complexity index is 862. The van der Waals surface area contributed by atoms with E-state index in [1.54, 1.807) is 19.4 Å². The van der Waals surface area contributed by atoms with Crippen LogP contribution in [0.15, 0.2) is 40.8 Å². The molecule has 0 aliphatic carbocycles. The SMILES string of the molecule is CCN1C(=O)/C(=C\c2ccc(OC)c(Cn3cc(Br)cn3)c2)NC1=S. The van der Waals surface area contributed by atoms with E-state index in [1.165, 1.54) is 4.90 Å². The first-order valence-corrected chi connectivity index (χ1v) is 8.91. The Kier molecular flexibility index (Phi) is 5.19. The zero-order valence-electron chi connectivity index (χ0n) is 13.8. The smallest absolute Gasteiger partial charge is 0.276 e. The second-order valence-corrected chi connectivity index (χ2v) is 6.77. The molecule has 130 valence electrons. The number of hydrogen-bond donors (Lipinski definition) is 1. The lowest BCUT2D eigenvalue weighted by atomic mass is 10.1. The third kappa shape index (κ3) is 3.74. The summed E-state index contributed by atoms with van der Waals surface area (Å²) in [6.07, 6.45) is 5.43. The van der Waals surface area contributed by atoms with Gasteiger partial charge in [-0.05, 0) is 58.8 Å². The van der Waals surface area contributed by atoms with E-state index in [4.69, 9.17) is 17.0 Å². The van der Waals surface area contributed by atoms with Crippen LogP contribution in [0.5, 0.6) is 5.75 Å². The quantitative estimate of drug-likeness (QED) is 0.595. The maximum absolute atomic E-state index is 12.3. The fourth-order valence-electron chi connectivity index (χ4n) is 2.64. The Labute approximate surface area is 159 Å². The predicted octanol–water partition coefficient (Wildman–Crippen LogP) is 2.78. The first-order chi connectivity index (χ1) is 12.0. The van der Waals surface area contributed by atoms with Crippen LogP contribution in [-0.2, 0) is 11.3 Å². The van der Waals surface area contributed by atoms with Gasteiger partial charge in [0.15, 0.2) is 5.11 Å². The van der Waals surface area contributed by atoms with E-state index in [9.17, 15) is 4.79 Å². The van der Waals surface area contributed by atoms with Gasteiger partial charge in [-0.15, -0.1) is 0 Å². The van der Waals surface area contributed by atoms with Crippen LogP contribution in [0.25, 0.3) is 6.08 Å². The molecular formula is C17H17BrN4O2S. The van der Waals surface area contributed by atoms with Crippen molar-refractivity contribution < 1.29 is 9.53 Å². The molecule has 1 aromatic heterocycles. The van der Waals surface area contributed by atoms with Gasteiger partial charge < -0.3 is 10.1 Å². The predicted molar refractivity (Wildman–Crippen MR) is 103 cm³/mol. The van der Waals surface area contributed by atoms with Gasteiger partial charge in [-0.1, -0.05) is 6.07 Å². The van der Waals surface area contributed by atoms with Gasteiger partial charge in [-0.2, -0.15) is 5.10 Å². The molecule has 3 rings (SSSR count). The summed E-state index contributed by atoms with van der Waals surface area (Å²) in [4.78, 5) is 13.9. The highest BCUT2D eigenvalue weighted by atomic mass is 79.9. The van der Waals surface area contributed by atoms with Crippen molar-refractivity contribution in [2.75, 3.05) is 13.7 Å². The number of amides is 1. The topological polar surface area (TPSA) is 59.4 Å². The molecule has 1 fully saturated rings. The van der Waals surface area contributed by atoms with Gasteiger partial charge in [0.05, 0.1) is 24.3 Å². The van der Waals surface area contributed by atoms with Gasteiger partial charge in [-0.3, -0.25) is 14.4 Å². The highest BCUT2D eigenvalue weighted by Crippen LogP contribution is 2.23. The molecular weight excluding hydrogens is 404 g/mol. The van der Waals surface area contributed by atoms with E-state index in [1.807, 2.05) is 36.0 Å². The number of halogens is 1. The fourth-order valence-corrected chi connectivity index (χ4v) is 3.29. The van der Waals surface area contributed by atoms with Crippen LogP contribution in [0, 0.1) is 0 Å². The van der Waals surface area contributed by atoms with Crippen LogP contribution in [0.4, 0.5) is 0 Å². The van der Waals surface area contributed by atoms with E-state index in [0.717, 1.165) is 21.3 Å². The highest BCUT2D eigenvalue weighted by Gasteiger charge is 2.28. The molecule has 0 bridgehead atoms. The molecule has 1 saturated heterocycles. The second-order valence-electron chi connectivity index (χ2n) is 5.46. The number of ether oxygens (including phenoxy) is 1. The molecule has 1 aliphatic rings. The molecule has 25 heavy (non-hydrogen) atoms. The molecule has 2 heterocycles. The molecule has 0 spiro atoms. The second kappa shape index (κ2) is 7.37. The number of thiocarbonyl (C=S) groups is 1. The number of carbonyl (C=O) groups is 1. The van der Waals surface area contributed by atoms with Gasteiger partial charge in [0, 0.05) is 18.3 Å². The van der Waals surface area contributed by atoms with Crippen molar-refractivity contribution in [3.8, 4) is 5.75 Å². The monoisotopic (exact) mass is 420 g/mol. The largest absolute Gasteiger partial charge is 0.496 e. The molecule has 8 heteroatoms. The van der Waals surface area contributed by atoms with Crippen molar-refractivity contribution in [1.29, 1.82) is 0 Å². The Balaban J connectivity index is 1.90. The summed E-state index contributed by atoms with van der Waals surface area (Å²) in [5.74, 6) is 0.658. The molecule has 0 saturated carbocycles. The average molecular weight is 421 g/mol. The molecule has 1 amide bonds. The van der Waals surface area contributed by atoms with Gasteiger partial charge in [-0.25, -0.2) is 0 Å². The van der Waals surface area contributed by atoms with Gasteiger partial charge >= 0.3 is 0 Å². The summed E-state index contributed by atoms with van der Waals surface area (Å²) in [6, 6.07) is 5.77. The normalized spacial score (nSPS) is 15.8. The van der Waals surface area contributed by atoms with E-state index in [-0.39, 0.29) is 5.91 Å². The lowest BCUT2D eigenvalue weighted by Crippen LogP contribution is -2.30. The first kappa shape index (κ1) is 17.6. The number of benzene rings is 1. The van der Waals surface area contributed by atoms with E-state index >= 15 is 0 Å². The van der Waals surface area contributed by atoms with Crippen LogP contribution in [-0.4, -0.2) is 39.4 Å². The van der Waals surface area contributed by atoms with Crippen LogP contribution in [0.1, 0.15) is 18.1 Å². The van der Waals surface area contributed by atoms with Crippen LogP contribution < -0.4 is 10.1 Å². The van der Waals surface area contributed by atoms with Gasteiger partial charge in [0.25, 0.3) is 5.91 Å². The van der Waals surface area contributed by atoms with Crippen molar-refractivity contribution >= 4 is 45.2 Å². The number of methoxy groups -OCH3 is 1. The molecule has 1 aliphatic heterocycles. The minimum absolute atomic E-state index is 0.110. The number of aromatic nitrogens is 2. The third-order valence-electron chi connectivity index (χ3n) is 3.83. The summed E-state index contributed by atoms with van der Waals surface area (Å²) in [6.45, 7) is 3.00. The molecule has 1 N–H and O–H groups in total. The van der Waals surface area contributed by atoms with Crippen molar-refractivity contribution in [2.45, 2.75) is 13.5 Å². The van der Waals surface area contributed by atoms with Crippen molar-refractivity contribution in [2.24, 2.45) is 0 Å². The number of hydrogen-bond acceptors (Lipinski definition) is 4.